The Morgan fingerprint density at radius 3 is 2.48 bits per heavy atom. The predicted molar refractivity (Wildman–Crippen MR) is 78.4 cm³/mol. The molecule has 1 fully saturated rings. The van der Waals surface area contributed by atoms with Crippen LogP contribution in [-0.4, -0.2) is 41.6 Å². The Balaban J connectivity index is 1.72. The molecule has 1 N–H and O–H groups in total. The van der Waals surface area contributed by atoms with E-state index < -0.39 is 5.97 Å². The fraction of sp³-hybridized carbons (Fsp3) is 0.500. The maximum atomic E-state index is 11.9. The highest BCUT2D eigenvalue weighted by Gasteiger charge is 2.31. The largest absolute Gasteiger partial charge is 0.493 e. The lowest BCUT2D eigenvalue weighted by molar-refractivity contribution is -0.145. The Labute approximate surface area is 124 Å². The van der Waals surface area contributed by atoms with Gasteiger partial charge in [0, 0.05) is 19.0 Å². The van der Waals surface area contributed by atoms with Crippen molar-refractivity contribution in [3.05, 3.63) is 29.3 Å². The molecule has 0 spiro atoms. The smallest absolute Gasteiger partial charge is 0.303 e. The van der Waals surface area contributed by atoms with Gasteiger partial charge >= 0.3 is 5.97 Å². The van der Waals surface area contributed by atoms with Crippen molar-refractivity contribution < 1.29 is 19.4 Å². The Kier molecular flexibility index (Phi) is 4.83. The number of hydrogen-bond donors (Lipinski definition) is 1. The minimum atomic E-state index is -0.800. The van der Waals surface area contributed by atoms with Crippen molar-refractivity contribution in [1.82, 2.24) is 4.90 Å². The first kappa shape index (κ1) is 15.4. The molecule has 1 aliphatic rings. The monoisotopic (exact) mass is 291 g/mol. The van der Waals surface area contributed by atoms with Crippen molar-refractivity contribution >= 4 is 11.9 Å². The van der Waals surface area contributed by atoms with Crippen LogP contribution in [0, 0.1) is 19.8 Å². The summed E-state index contributed by atoms with van der Waals surface area (Å²) in [6, 6.07) is 5.94. The van der Waals surface area contributed by atoms with Crippen LogP contribution in [0.15, 0.2) is 18.2 Å². The summed E-state index contributed by atoms with van der Waals surface area (Å²) in [5, 5.41) is 8.67. The number of carbonyl (C=O) groups excluding carboxylic acids is 1. The molecule has 2 rings (SSSR count). The summed E-state index contributed by atoms with van der Waals surface area (Å²) >= 11 is 0. The summed E-state index contributed by atoms with van der Waals surface area (Å²) in [4.78, 5) is 24.2. The number of carboxylic acid groups (broad SMARTS) is 1. The molecular weight excluding hydrogens is 270 g/mol. The number of benzene rings is 1. The number of nitrogens with zero attached hydrogens (tertiary/aromatic N) is 1. The molecule has 1 aromatic rings. The molecule has 0 bridgehead atoms. The summed E-state index contributed by atoms with van der Waals surface area (Å²) in [6.07, 6.45) is 0.469. The zero-order valence-corrected chi connectivity index (χ0v) is 12.5. The van der Waals surface area contributed by atoms with Crippen LogP contribution in [0.4, 0.5) is 0 Å². The molecule has 0 atom stereocenters. The number of ether oxygens (including phenoxy) is 1. The number of amides is 1. The molecule has 1 amide bonds. The molecular formula is C16H21NO4. The zero-order valence-electron chi connectivity index (χ0n) is 12.5. The van der Waals surface area contributed by atoms with Crippen molar-refractivity contribution in [3.63, 3.8) is 0 Å². The number of carboxylic acids is 1. The summed E-state index contributed by atoms with van der Waals surface area (Å²) in [7, 11) is 0. The second-order valence-corrected chi connectivity index (χ2v) is 5.58. The SMILES string of the molecule is Cc1cccc(C)c1OCCC(=O)N1CC(CC(=O)O)C1. The van der Waals surface area contributed by atoms with Gasteiger partial charge in [-0.25, -0.2) is 0 Å². The number of likely N-dealkylation sites (tertiary alicyclic amines) is 1. The first-order valence-electron chi connectivity index (χ1n) is 7.16. The molecule has 0 radical (unpaired) electrons. The van der Waals surface area contributed by atoms with E-state index >= 15 is 0 Å². The molecule has 1 aromatic carbocycles. The molecule has 21 heavy (non-hydrogen) atoms. The number of aliphatic carboxylic acids is 1. The predicted octanol–water partition coefficient (Wildman–Crippen LogP) is 2.01. The van der Waals surface area contributed by atoms with Gasteiger partial charge in [-0.05, 0) is 25.0 Å². The van der Waals surface area contributed by atoms with Crippen molar-refractivity contribution in [1.29, 1.82) is 0 Å². The third kappa shape index (κ3) is 3.97. The van der Waals surface area contributed by atoms with Gasteiger partial charge in [-0.2, -0.15) is 0 Å². The van der Waals surface area contributed by atoms with Crippen LogP contribution in [0.1, 0.15) is 24.0 Å². The maximum absolute atomic E-state index is 11.9. The summed E-state index contributed by atoms with van der Waals surface area (Å²) in [6.45, 7) is 5.42. The van der Waals surface area contributed by atoms with Gasteiger partial charge in [-0.3, -0.25) is 9.59 Å². The Morgan fingerprint density at radius 2 is 1.90 bits per heavy atom. The van der Waals surface area contributed by atoms with Gasteiger partial charge in [0.05, 0.1) is 19.4 Å². The number of para-hydroxylation sites is 1. The molecule has 0 aromatic heterocycles. The van der Waals surface area contributed by atoms with Crippen molar-refractivity contribution in [2.24, 2.45) is 5.92 Å². The number of carbonyl (C=O) groups is 2. The van der Waals surface area contributed by atoms with E-state index in [-0.39, 0.29) is 18.2 Å². The molecule has 114 valence electrons. The highest BCUT2D eigenvalue weighted by atomic mass is 16.5. The van der Waals surface area contributed by atoms with E-state index in [4.69, 9.17) is 9.84 Å². The summed E-state index contributed by atoms with van der Waals surface area (Å²) < 4.78 is 5.71. The Bertz CT molecular complexity index is 515. The second kappa shape index (κ2) is 6.61. The molecule has 5 nitrogen and oxygen atoms in total. The number of rotatable bonds is 6. The molecule has 0 aliphatic carbocycles. The minimum absolute atomic E-state index is 0.0304. The van der Waals surface area contributed by atoms with Gasteiger partial charge in [-0.1, -0.05) is 18.2 Å². The fourth-order valence-electron chi connectivity index (χ4n) is 2.57. The summed E-state index contributed by atoms with van der Waals surface area (Å²) in [5.41, 5.74) is 2.13. The van der Waals surface area contributed by atoms with E-state index in [0.29, 0.717) is 26.1 Å². The average Bonchev–Trinajstić information content (AvgIpc) is 2.36. The fourth-order valence-corrected chi connectivity index (χ4v) is 2.57. The van der Waals surface area contributed by atoms with E-state index in [1.165, 1.54) is 0 Å². The third-order valence-corrected chi connectivity index (χ3v) is 3.74. The van der Waals surface area contributed by atoms with Crippen LogP contribution in [0.3, 0.4) is 0 Å². The highest BCUT2D eigenvalue weighted by Crippen LogP contribution is 2.23. The molecule has 1 heterocycles. The highest BCUT2D eigenvalue weighted by molar-refractivity contribution is 5.77. The van der Waals surface area contributed by atoms with Gasteiger partial charge in [0.2, 0.25) is 5.91 Å². The van der Waals surface area contributed by atoms with Crippen LogP contribution >= 0.6 is 0 Å². The van der Waals surface area contributed by atoms with Crippen LogP contribution in [-0.2, 0) is 9.59 Å². The summed E-state index contributed by atoms with van der Waals surface area (Å²) in [5.74, 6) is 0.178. The number of hydrogen-bond acceptors (Lipinski definition) is 3. The van der Waals surface area contributed by atoms with E-state index in [1.807, 2.05) is 32.0 Å². The van der Waals surface area contributed by atoms with Crippen molar-refractivity contribution in [2.45, 2.75) is 26.7 Å². The van der Waals surface area contributed by atoms with Crippen molar-refractivity contribution in [2.75, 3.05) is 19.7 Å². The van der Waals surface area contributed by atoms with E-state index in [2.05, 4.69) is 0 Å². The first-order valence-corrected chi connectivity index (χ1v) is 7.16. The van der Waals surface area contributed by atoms with Gasteiger partial charge in [0.1, 0.15) is 5.75 Å². The van der Waals surface area contributed by atoms with Gasteiger partial charge in [-0.15, -0.1) is 0 Å². The first-order chi connectivity index (χ1) is 9.97. The van der Waals surface area contributed by atoms with Gasteiger partial charge in [0.25, 0.3) is 0 Å². The normalized spacial score (nSPS) is 14.7. The molecule has 5 heteroatoms. The van der Waals surface area contributed by atoms with Gasteiger partial charge < -0.3 is 14.7 Å². The second-order valence-electron chi connectivity index (χ2n) is 5.58. The van der Waals surface area contributed by atoms with E-state index in [0.717, 1.165) is 16.9 Å². The van der Waals surface area contributed by atoms with E-state index in [9.17, 15) is 9.59 Å². The minimum Gasteiger partial charge on any atom is -0.493 e. The lowest BCUT2D eigenvalue weighted by Crippen LogP contribution is -2.50. The number of aryl methyl sites for hydroxylation is 2. The maximum Gasteiger partial charge on any atom is 0.303 e. The third-order valence-electron chi connectivity index (χ3n) is 3.74. The van der Waals surface area contributed by atoms with Crippen LogP contribution < -0.4 is 4.74 Å². The lowest BCUT2D eigenvalue weighted by atomic mass is 9.96. The molecule has 0 saturated carbocycles. The van der Waals surface area contributed by atoms with Crippen LogP contribution in [0.25, 0.3) is 0 Å². The quantitative estimate of drug-likeness (QED) is 0.870. The average molecular weight is 291 g/mol. The Hall–Kier alpha value is -2.04. The van der Waals surface area contributed by atoms with Crippen LogP contribution in [0.5, 0.6) is 5.75 Å². The van der Waals surface area contributed by atoms with Crippen molar-refractivity contribution in [3.8, 4) is 5.75 Å². The van der Waals surface area contributed by atoms with E-state index in [1.54, 1.807) is 4.90 Å². The zero-order chi connectivity index (χ0) is 15.4. The standard InChI is InChI=1S/C16H21NO4/c1-11-4-3-5-12(2)16(11)21-7-6-14(18)17-9-13(10-17)8-15(19)20/h3-5,13H,6-10H2,1-2H3,(H,19,20). The van der Waals surface area contributed by atoms with Crippen LogP contribution in [0.2, 0.25) is 0 Å². The lowest BCUT2D eigenvalue weighted by Gasteiger charge is -2.38. The van der Waals surface area contributed by atoms with Gasteiger partial charge in [0.15, 0.2) is 0 Å². The topological polar surface area (TPSA) is 66.8 Å². The molecule has 1 saturated heterocycles. The molecule has 1 aliphatic heterocycles. The molecule has 0 unspecified atom stereocenters. The Morgan fingerprint density at radius 1 is 1.29 bits per heavy atom.